The Morgan fingerprint density at radius 2 is 1.80 bits per heavy atom. The molecule has 4 heteroatoms. The molecule has 0 aromatic heterocycles. The third-order valence-corrected chi connectivity index (χ3v) is 2.19. The van der Waals surface area contributed by atoms with Crippen molar-refractivity contribution >= 4 is 6.29 Å². The second-order valence-electron chi connectivity index (χ2n) is 3.10. The van der Waals surface area contributed by atoms with Crippen molar-refractivity contribution in [2.24, 2.45) is 0 Å². The molecule has 0 saturated heterocycles. The van der Waals surface area contributed by atoms with Gasteiger partial charge in [-0.25, -0.2) is 4.39 Å². The Labute approximate surface area is 87.8 Å². The lowest BCUT2D eigenvalue weighted by Crippen LogP contribution is -1.99. The van der Waals surface area contributed by atoms with E-state index >= 15 is 0 Å². The number of aryl methyl sites for hydroxylation is 1. The minimum atomic E-state index is -1.62. The van der Waals surface area contributed by atoms with Crippen LogP contribution >= 0.6 is 0 Å². The lowest BCUT2D eigenvalue weighted by atomic mass is 10.0. The first-order chi connectivity index (χ1) is 7.13. The molecule has 0 aliphatic heterocycles. The van der Waals surface area contributed by atoms with Crippen LogP contribution in [0, 0.1) is 6.92 Å². The zero-order valence-corrected chi connectivity index (χ0v) is 8.91. The monoisotopic (exact) mass is 212 g/mol. The van der Waals surface area contributed by atoms with Crippen LogP contribution in [0.15, 0.2) is 12.1 Å². The van der Waals surface area contributed by atoms with Gasteiger partial charge in [0, 0.05) is 5.56 Å². The van der Waals surface area contributed by atoms with Crippen molar-refractivity contribution < 1.29 is 18.7 Å². The molecule has 15 heavy (non-hydrogen) atoms. The average Bonchev–Trinajstić information content (AvgIpc) is 2.27. The quantitative estimate of drug-likeness (QED) is 0.718. The Hall–Kier alpha value is -1.58. The highest BCUT2D eigenvalue weighted by molar-refractivity contribution is 5.63. The van der Waals surface area contributed by atoms with Crippen LogP contribution in [0.3, 0.4) is 0 Å². The molecule has 0 spiro atoms. The van der Waals surface area contributed by atoms with Gasteiger partial charge in [-0.15, -0.1) is 0 Å². The molecule has 1 aromatic carbocycles. The van der Waals surface area contributed by atoms with Crippen LogP contribution in [-0.2, 0) is 4.79 Å². The summed E-state index contributed by atoms with van der Waals surface area (Å²) in [6.45, 7) is 1.72. The van der Waals surface area contributed by atoms with Crippen LogP contribution in [0.25, 0.3) is 0 Å². The zero-order chi connectivity index (χ0) is 11.4. The fourth-order valence-electron chi connectivity index (χ4n) is 1.37. The molecule has 1 atom stereocenters. The molecular formula is C11H13FO3. The number of carbonyl (C=O) groups excluding carboxylic acids is 1. The number of ether oxygens (including phenoxy) is 2. The Bertz CT molecular complexity index is 363. The molecule has 1 unspecified atom stereocenters. The summed E-state index contributed by atoms with van der Waals surface area (Å²) < 4.78 is 23.3. The maximum absolute atomic E-state index is 13.2. The number of benzene rings is 1. The van der Waals surface area contributed by atoms with Crippen molar-refractivity contribution in [3.05, 3.63) is 23.3 Å². The van der Waals surface area contributed by atoms with E-state index in [1.54, 1.807) is 13.0 Å². The van der Waals surface area contributed by atoms with Crippen LogP contribution in [0.2, 0.25) is 0 Å². The van der Waals surface area contributed by atoms with Gasteiger partial charge >= 0.3 is 0 Å². The van der Waals surface area contributed by atoms with E-state index in [1.807, 2.05) is 0 Å². The number of halogens is 1. The largest absolute Gasteiger partial charge is 0.493 e. The summed E-state index contributed by atoms with van der Waals surface area (Å²) >= 11 is 0. The first kappa shape index (κ1) is 11.5. The molecule has 0 N–H and O–H groups in total. The van der Waals surface area contributed by atoms with Crippen LogP contribution in [0.4, 0.5) is 4.39 Å². The fourth-order valence-corrected chi connectivity index (χ4v) is 1.37. The normalized spacial score (nSPS) is 12.0. The fraction of sp³-hybridized carbons (Fsp3) is 0.364. The van der Waals surface area contributed by atoms with Gasteiger partial charge in [0.15, 0.2) is 24.0 Å². The van der Waals surface area contributed by atoms with E-state index in [-0.39, 0.29) is 6.29 Å². The smallest absolute Gasteiger partial charge is 0.180 e. The Morgan fingerprint density at radius 1 is 1.27 bits per heavy atom. The standard InChI is InChI=1S/C11H13FO3/c1-7-4-10(14-2)11(15-3)5-8(7)9(12)6-13/h4-6,9H,1-3H3. The lowest BCUT2D eigenvalue weighted by Gasteiger charge is -2.12. The summed E-state index contributed by atoms with van der Waals surface area (Å²) in [5.74, 6) is 0.944. The van der Waals surface area contributed by atoms with Gasteiger partial charge in [-0.3, -0.25) is 4.79 Å². The molecule has 0 saturated carbocycles. The minimum absolute atomic E-state index is 0.258. The maximum atomic E-state index is 13.2. The van der Waals surface area contributed by atoms with Crippen molar-refractivity contribution in [3.8, 4) is 11.5 Å². The highest BCUT2D eigenvalue weighted by Crippen LogP contribution is 2.33. The topological polar surface area (TPSA) is 35.5 Å². The van der Waals surface area contributed by atoms with Gasteiger partial charge in [0.05, 0.1) is 14.2 Å². The van der Waals surface area contributed by atoms with Gasteiger partial charge in [-0.2, -0.15) is 0 Å². The van der Waals surface area contributed by atoms with Crippen LogP contribution in [0.5, 0.6) is 11.5 Å². The van der Waals surface area contributed by atoms with Crippen molar-refractivity contribution in [3.63, 3.8) is 0 Å². The predicted molar refractivity (Wildman–Crippen MR) is 54.2 cm³/mol. The molecule has 0 radical (unpaired) electrons. The molecule has 0 aliphatic rings. The second kappa shape index (κ2) is 4.77. The number of methoxy groups -OCH3 is 2. The summed E-state index contributed by atoms with van der Waals surface area (Å²) in [5, 5.41) is 0. The summed E-state index contributed by atoms with van der Waals surface area (Å²) in [6.07, 6.45) is -1.36. The van der Waals surface area contributed by atoms with Gasteiger partial charge in [-0.1, -0.05) is 0 Å². The van der Waals surface area contributed by atoms with Crippen LogP contribution < -0.4 is 9.47 Å². The zero-order valence-electron chi connectivity index (χ0n) is 8.91. The third kappa shape index (κ3) is 2.26. The van der Waals surface area contributed by atoms with Gasteiger partial charge in [0.1, 0.15) is 0 Å². The molecule has 0 fully saturated rings. The van der Waals surface area contributed by atoms with Gasteiger partial charge in [-0.05, 0) is 24.6 Å². The van der Waals surface area contributed by atoms with E-state index in [4.69, 9.17) is 9.47 Å². The number of hydrogen-bond acceptors (Lipinski definition) is 3. The van der Waals surface area contributed by atoms with Crippen LogP contribution in [-0.4, -0.2) is 20.5 Å². The van der Waals surface area contributed by atoms with Gasteiger partial charge in [0.25, 0.3) is 0 Å². The van der Waals surface area contributed by atoms with E-state index < -0.39 is 6.17 Å². The predicted octanol–water partition coefficient (Wildman–Crippen LogP) is 2.22. The van der Waals surface area contributed by atoms with Crippen molar-refractivity contribution in [2.45, 2.75) is 13.1 Å². The van der Waals surface area contributed by atoms with E-state index in [9.17, 15) is 9.18 Å². The molecular weight excluding hydrogens is 199 g/mol. The molecule has 1 aromatic rings. The molecule has 3 nitrogen and oxygen atoms in total. The summed E-state index contributed by atoms with van der Waals surface area (Å²) in [5.41, 5.74) is 0.968. The minimum Gasteiger partial charge on any atom is -0.493 e. The summed E-state index contributed by atoms with van der Waals surface area (Å²) in [6, 6.07) is 3.12. The van der Waals surface area contributed by atoms with Crippen molar-refractivity contribution in [2.75, 3.05) is 14.2 Å². The van der Waals surface area contributed by atoms with Gasteiger partial charge < -0.3 is 9.47 Å². The highest BCUT2D eigenvalue weighted by atomic mass is 19.1. The molecule has 0 amide bonds. The first-order valence-corrected chi connectivity index (χ1v) is 4.46. The number of aldehydes is 1. The molecule has 82 valence electrons. The Morgan fingerprint density at radius 3 is 2.27 bits per heavy atom. The Kier molecular flexibility index (Phi) is 3.66. The third-order valence-electron chi connectivity index (χ3n) is 2.19. The molecule has 0 aliphatic carbocycles. The van der Waals surface area contributed by atoms with E-state index in [1.165, 1.54) is 20.3 Å². The number of rotatable bonds is 4. The Balaban J connectivity index is 3.25. The highest BCUT2D eigenvalue weighted by Gasteiger charge is 2.15. The SMILES string of the molecule is COc1cc(C)c(C(F)C=O)cc1OC. The second-order valence-corrected chi connectivity index (χ2v) is 3.10. The van der Waals surface area contributed by atoms with Crippen molar-refractivity contribution in [1.29, 1.82) is 0 Å². The molecule has 0 bridgehead atoms. The summed E-state index contributed by atoms with van der Waals surface area (Å²) in [4.78, 5) is 10.4. The maximum Gasteiger partial charge on any atom is 0.180 e. The number of alkyl halides is 1. The molecule has 1 rings (SSSR count). The van der Waals surface area contributed by atoms with Gasteiger partial charge in [0.2, 0.25) is 0 Å². The van der Waals surface area contributed by atoms with E-state index in [2.05, 4.69) is 0 Å². The average molecular weight is 212 g/mol. The van der Waals surface area contributed by atoms with Crippen molar-refractivity contribution in [1.82, 2.24) is 0 Å². The molecule has 0 heterocycles. The van der Waals surface area contributed by atoms with E-state index in [0.717, 1.165) is 0 Å². The van der Waals surface area contributed by atoms with E-state index in [0.29, 0.717) is 22.6 Å². The van der Waals surface area contributed by atoms with Crippen LogP contribution in [0.1, 0.15) is 17.3 Å². The number of carbonyl (C=O) groups is 1. The summed E-state index contributed by atoms with van der Waals surface area (Å²) in [7, 11) is 2.97. The number of hydrogen-bond donors (Lipinski definition) is 0. The lowest BCUT2D eigenvalue weighted by molar-refractivity contribution is -0.112. The first-order valence-electron chi connectivity index (χ1n) is 4.46.